The van der Waals surface area contributed by atoms with Gasteiger partial charge in [-0.3, -0.25) is 4.79 Å². The van der Waals surface area contributed by atoms with Crippen molar-refractivity contribution in [2.75, 3.05) is 13.1 Å². The Hall–Kier alpha value is -1.35. The molecule has 1 aliphatic rings. The van der Waals surface area contributed by atoms with E-state index in [1.165, 1.54) is 5.56 Å². The summed E-state index contributed by atoms with van der Waals surface area (Å²) in [6.45, 7) is 4.13. The Morgan fingerprint density at radius 2 is 2.21 bits per heavy atom. The van der Waals surface area contributed by atoms with E-state index in [0.717, 1.165) is 32.4 Å². The van der Waals surface area contributed by atoms with Crippen LogP contribution in [-0.2, 0) is 4.79 Å². The van der Waals surface area contributed by atoms with Crippen LogP contribution in [0.3, 0.4) is 0 Å². The van der Waals surface area contributed by atoms with E-state index in [1.54, 1.807) is 0 Å². The monoisotopic (exact) mass is 260 g/mol. The Morgan fingerprint density at radius 3 is 2.84 bits per heavy atom. The highest BCUT2D eigenvalue weighted by Crippen LogP contribution is 2.22. The van der Waals surface area contributed by atoms with Crippen molar-refractivity contribution in [3.05, 3.63) is 35.9 Å². The zero-order chi connectivity index (χ0) is 13.5. The number of rotatable bonds is 5. The SMILES string of the molecule is CCC(CC(=O)NC1CCCNC1)c1ccccc1. The fraction of sp³-hybridized carbons (Fsp3) is 0.562. The molecule has 1 fully saturated rings. The summed E-state index contributed by atoms with van der Waals surface area (Å²) >= 11 is 0. The minimum absolute atomic E-state index is 0.185. The highest BCUT2D eigenvalue weighted by molar-refractivity contribution is 5.77. The van der Waals surface area contributed by atoms with Gasteiger partial charge in [-0.1, -0.05) is 37.3 Å². The van der Waals surface area contributed by atoms with Crippen LogP contribution in [0, 0.1) is 0 Å². The molecule has 0 bridgehead atoms. The van der Waals surface area contributed by atoms with Gasteiger partial charge in [-0.2, -0.15) is 0 Å². The summed E-state index contributed by atoms with van der Waals surface area (Å²) in [7, 11) is 0. The number of nitrogens with one attached hydrogen (secondary N) is 2. The second-order valence-corrected chi connectivity index (χ2v) is 5.33. The topological polar surface area (TPSA) is 41.1 Å². The van der Waals surface area contributed by atoms with Crippen LogP contribution < -0.4 is 10.6 Å². The molecule has 0 aliphatic carbocycles. The number of hydrogen-bond donors (Lipinski definition) is 2. The largest absolute Gasteiger partial charge is 0.352 e. The van der Waals surface area contributed by atoms with Crippen LogP contribution in [0.15, 0.2) is 30.3 Å². The minimum atomic E-state index is 0.185. The van der Waals surface area contributed by atoms with E-state index in [1.807, 2.05) is 18.2 Å². The van der Waals surface area contributed by atoms with Crippen molar-refractivity contribution in [2.45, 2.75) is 44.6 Å². The molecule has 2 unspecified atom stereocenters. The lowest BCUT2D eigenvalue weighted by molar-refractivity contribution is -0.122. The Morgan fingerprint density at radius 1 is 1.42 bits per heavy atom. The average molecular weight is 260 g/mol. The molecule has 0 radical (unpaired) electrons. The lowest BCUT2D eigenvalue weighted by atomic mass is 9.93. The molecule has 1 aromatic rings. The van der Waals surface area contributed by atoms with Crippen LogP contribution in [-0.4, -0.2) is 25.0 Å². The molecule has 2 rings (SSSR count). The summed E-state index contributed by atoms with van der Waals surface area (Å²) in [4.78, 5) is 12.1. The zero-order valence-corrected chi connectivity index (χ0v) is 11.7. The molecule has 1 aliphatic heterocycles. The summed E-state index contributed by atoms with van der Waals surface area (Å²) in [5, 5.41) is 6.48. The third-order valence-electron chi connectivity index (χ3n) is 3.86. The van der Waals surface area contributed by atoms with E-state index in [9.17, 15) is 4.79 Å². The maximum atomic E-state index is 12.1. The normalized spacial score (nSPS) is 20.8. The first-order valence-corrected chi connectivity index (χ1v) is 7.34. The number of carbonyl (C=O) groups excluding carboxylic acids is 1. The molecule has 0 saturated carbocycles. The van der Waals surface area contributed by atoms with E-state index >= 15 is 0 Å². The van der Waals surface area contributed by atoms with Gasteiger partial charge in [0.15, 0.2) is 0 Å². The first kappa shape index (κ1) is 14.1. The van der Waals surface area contributed by atoms with Crippen molar-refractivity contribution in [2.24, 2.45) is 0 Å². The second-order valence-electron chi connectivity index (χ2n) is 5.33. The van der Waals surface area contributed by atoms with Crippen molar-refractivity contribution in [1.29, 1.82) is 0 Å². The van der Waals surface area contributed by atoms with Crippen LogP contribution in [0.5, 0.6) is 0 Å². The molecule has 0 spiro atoms. The van der Waals surface area contributed by atoms with Crippen molar-refractivity contribution in [3.63, 3.8) is 0 Å². The summed E-state index contributed by atoms with van der Waals surface area (Å²) in [6.07, 6.45) is 3.85. The maximum Gasteiger partial charge on any atom is 0.220 e. The van der Waals surface area contributed by atoms with Crippen molar-refractivity contribution in [3.8, 4) is 0 Å². The fourth-order valence-electron chi connectivity index (χ4n) is 2.71. The van der Waals surface area contributed by atoms with Crippen LogP contribution in [0.1, 0.15) is 44.1 Å². The predicted octanol–water partition coefficient (Wildman–Crippen LogP) is 2.44. The molecule has 104 valence electrons. The van der Waals surface area contributed by atoms with Crippen LogP contribution in [0.4, 0.5) is 0 Å². The van der Waals surface area contributed by atoms with Gasteiger partial charge in [0.05, 0.1) is 0 Å². The number of carbonyl (C=O) groups is 1. The van der Waals surface area contributed by atoms with E-state index in [2.05, 4.69) is 29.7 Å². The molecular formula is C16H24N2O. The Kier molecular flexibility index (Phi) is 5.40. The van der Waals surface area contributed by atoms with Gasteiger partial charge in [0.1, 0.15) is 0 Å². The standard InChI is InChI=1S/C16H24N2O/c1-2-13(14-7-4-3-5-8-14)11-16(19)18-15-9-6-10-17-12-15/h3-5,7-8,13,15,17H,2,6,9-12H2,1H3,(H,18,19). The zero-order valence-electron chi connectivity index (χ0n) is 11.7. The maximum absolute atomic E-state index is 12.1. The van der Waals surface area contributed by atoms with Gasteiger partial charge >= 0.3 is 0 Å². The molecular weight excluding hydrogens is 236 g/mol. The summed E-state index contributed by atoms with van der Waals surface area (Å²) < 4.78 is 0. The summed E-state index contributed by atoms with van der Waals surface area (Å²) in [5.74, 6) is 0.516. The predicted molar refractivity (Wildman–Crippen MR) is 78.1 cm³/mol. The van der Waals surface area contributed by atoms with E-state index < -0.39 is 0 Å². The van der Waals surface area contributed by atoms with E-state index in [0.29, 0.717) is 18.4 Å². The molecule has 1 aromatic carbocycles. The molecule has 2 N–H and O–H groups in total. The van der Waals surface area contributed by atoms with Crippen molar-refractivity contribution >= 4 is 5.91 Å². The number of benzene rings is 1. The lowest BCUT2D eigenvalue weighted by Crippen LogP contribution is -2.45. The van der Waals surface area contributed by atoms with Gasteiger partial charge in [-0.25, -0.2) is 0 Å². The number of piperidine rings is 1. The molecule has 1 heterocycles. The summed E-state index contributed by atoms with van der Waals surface area (Å²) in [5.41, 5.74) is 1.27. The third kappa shape index (κ3) is 4.35. The van der Waals surface area contributed by atoms with Crippen LogP contribution >= 0.6 is 0 Å². The molecule has 3 nitrogen and oxygen atoms in total. The second kappa shape index (κ2) is 7.29. The van der Waals surface area contributed by atoms with Gasteiger partial charge in [-0.15, -0.1) is 0 Å². The average Bonchev–Trinajstić information content (AvgIpc) is 2.47. The highest BCUT2D eigenvalue weighted by atomic mass is 16.1. The first-order chi connectivity index (χ1) is 9.29. The molecule has 0 aromatic heterocycles. The Labute approximate surface area is 115 Å². The van der Waals surface area contributed by atoms with Gasteiger partial charge in [-0.05, 0) is 37.3 Å². The lowest BCUT2D eigenvalue weighted by Gasteiger charge is -2.25. The van der Waals surface area contributed by atoms with Crippen LogP contribution in [0.25, 0.3) is 0 Å². The van der Waals surface area contributed by atoms with E-state index in [-0.39, 0.29) is 5.91 Å². The Bertz CT molecular complexity index is 385. The van der Waals surface area contributed by atoms with Gasteiger partial charge in [0, 0.05) is 19.0 Å². The first-order valence-electron chi connectivity index (χ1n) is 7.34. The number of amides is 1. The highest BCUT2D eigenvalue weighted by Gasteiger charge is 2.18. The van der Waals surface area contributed by atoms with E-state index in [4.69, 9.17) is 0 Å². The Balaban J connectivity index is 1.85. The number of hydrogen-bond acceptors (Lipinski definition) is 2. The van der Waals surface area contributed by atoms with Gasteiger partial charge in [0.2, 0.25) is 5.91 Å². The fourth-order valence-corrected chi connectivity index (χ4v) is 2.71. The van der Waals surface area contributed by atoms with Crippen LogP contribution in [0.2, 0.25) is 0 Å². The third-order valence-corrected chi connectivity index (χ3v) is 3.86. The quantitative estimate of drug-likeness (QED) is 0.854. The summed E-state index contributed by atoms with van der Waals surface area (Å²) in [6, 6.07) is 10.6. The molecule has 3 heteroatoms. The van der Waals surface area contributed by atoms with Gasteiger partial charge in [0.25, 0.3) is 0 Å². The molecule has 19 heavy (non-hydrogen) atoms. The minimum Gasteiger partial charge on any atom is -0.352 e. The molecule has 1 amide bonds. The van der Waals surface area contributed by atoms with Crippen molar-refractivity contribution in [1.82, 2.24) is 10.6 Å². The smallest absolute Gasteiger partial charge is 0.220 e. The van der Waals surface area contributed by atoms with Gasteiger partial charge < -0.3 is 10.6 Å². The molecule has 2 atom stereocenters. The molecule has 1 saturated heterocycles. The van der Waals surface area contributed by atoms with Crippen molar-refractivity contribution < 1.29 is 4.79 Å².